The molecule has 1 aromatic rings. The summed E-state index contributed by atoms with van der Waals surface area (Å²) >= 11 is 0. The Morgan fingerprint density at radius 3 is 2.62 bits per heavy atom. The highest BCUT2D eigenvalue weighted by Gasteiger charge is 2.28. The molecular weight excluding hydrogens is 354 g/mol. The van der Waals surface area contributed by atoms with Gasteiger partial charge in [-0.15, -0.1) is 0 Å². The molecule has 0 aliphatic carbocycles. The van der Waals surface area contributed by atoms with Crippen molar-refractivity contribution in [3.63, 3.8) is 0 Å². The molecule has 8 heteroatoms. The van der Waals surface area contributed by atoms with Crippen LogP contribution in [0.15, 0.2) is 23.2 Å². The van der Waals surface area contributed by atoms with Crippen molar-refractivity contribution in [3.8, 4) is 11.5 Å². The summed E-state index contributed by atoms with van der Waals surface area (Å²) in [7, 11) is -3.17. The van der Waals surface area contributed by atoms with E-state index in [2.05, 4.69) is 15.6 Å². The van der Waals surface area contributed by atoms with Gasteiger partial charge >= 0.3 is 0 Å². The van der Waals surface area contributed by atoms with E-state index < -0.39 is 14.6 Å². The normalized spacial score (nSPS) is 14.4. The second-order valence-electron chi connectivity index (χ2n) is 7.06. The first-order valence-corrected chi connectivity index (χ1v) is 10.5. The van der Waals surface area contributed by atoms with Gasteiger partial charge in [-0.25, -0.2) is 8.42 Å². The molecule has 26 heavy (non-hydrogen) atoms. The summed E-state index contributed by atoms with van der Waals surface area (Å²) in [6, 6.07) is 5.90. The molecule has 0 saturated heterocycles. The first-order valence-electron chi connectivity index (χ1n) is 8.86. The van der Waals surface area contributed by atoms with Gasteiger partial charge in [0.2, 0.25) is 6.79 Å². The molecule has 0 amide bonds. The Kier molecular flexibility index (Phi) is 6.75. The molecule has 1 aliphatic heterocycles. The topological polar surface area (TPSA) is 89.0 Å². The van der Waals surface area contributed by atoms with Crippen molar-refractivity contribution in [2.24, 2.45) is 4.99 Å². The third kappa shape index (κ3) is 5.52. The lowest BCUT2D eigenvalue weighted by atomic mass is 10.1. The maximum Gasteiger partial charge on any atom is 0.231 e. The van der Waals surface area contributed by atoms with Crippen molar-refractivity contribution >= 4 is 15.8 Å². The molecule has 0 spiro atoms. The summed E-state index contributed by atoms with van der Waals surface area (Å²) in [4.78, 5) is 4.37. The minimum Gasteiger partial charge on any atom is -0.454 e. The number of fused-ring (bicyclic) bond motifs is 1. The summed E-state index contributed by atoms with van der Waals surface area (Å²) in [5, 5.41) is 6.37. The molecule has 0 fully saturated rings. The van der Waals surface area contributed by atoms with E-state index in [9.17, 15) is 8.42 Å². The summed E-state index contributed by atoms with van der Waals surface area (Å²) in [6.45, 7) is 8.99. The van der Waals surface area contributed by atoms with Gasteiger partial charge in [0.1, 0.15) is 0 Å². The lowest BCUT2D eigenvalue weighted by molar-refractivity contribution is 0.174. The number of rotatable bonds is 7. The van der Waals surface area contributed by atoms with Crippen LogP contribution in [0.2, 0.25) is 0 Å². The van der Waals surface area contributed by atoms with Crippen LogP contribution < -0.4 is 20.1 Å². The number of nitrogens with zero attached hydrogens (tertiary/aromatic N) is 1. The molecule has 1 heterocycles. The predicted molar refractivity (Wildman–Crippen MR) is 104 cm³/mol. The molecular formula is C18H29N3O4S. The van der Waals surface area contributed by atoms with Crippen LogP contribution in [0.4, 0.5) is 0 Å². The Balaban J connectivity index is 1.85. The summed E-state index contributed by atoms with van der Waals surface area (Å²) < 4.78 is 34.2. The molecule has 2 N–H and O–H groups in total. The zero-order chi connectivity index (χ0) is 19.2. The second-order valence-corrected chi connectivity index (χ2v) is 9.92. The van der Waals surface area contributed by atoms with E-state index in [0.29, 0.717) is 19.0 Å². The summed E-state index contributed by atoms with van der Waals surface area (Å²) in [6.07, 6.45) is 0.793. The lowest BCUT2D eigenvalue weighted by Gasteiger charge is -2.18. The fourth-order valence-corrected chi connectivity index (χ4v) is 3.29. The smallest absolute Gasteiger partial charge is 0.231 e. The van der Waals surface area contributed by atoms with Crippen LogP contribution in [0.25, 0.3) is 0 Å². The van der Waals surface area contributed by atoms with Gasteiger partial charge in [0, 0.05) is 13.1 Å². The van der Waals surface area contributed by atoms with Crippen molar-refractivity contribution in [1.29, 1.82) is 0 Å². The first-order chi connectivity index (χ1) is 12.2. The zero-order valence-corrected chi connectivity index (χ0v) is 16.8. The number of hydrogen-bond donors (Lipinski definition) is 2. The van der Waals surface area contributed by atoms with Crippen molar-refractivity contribution in [3.05, 3.63) is 23.8 Å². The molecule has 2 rings (SSSR count). The number of aliphatic imine (C=N–C) groups is 1. The van der Waals surface area contributed by atoms with Gasteiger partial charge < -0.3 is 20.1 Å². The van der Waals surface area contributed by atoms with E-state index in [4.69, 9.17) is 9.47 Å². The average Bonchev–Trinajstić information content (AvgIpc) is 3.01. The summed E-state index contributed by atoms with van der Waals surface area (Å²) in [5.41, 5.74) is 1.13. The maximum absolute atomic E-state index is 12.2. The number of hydrogen-bond acceptors (Lipinski definition) is 5. The van der Waals surface area contributed by atoms with E-state index in [1.807, 2.05) is 25.1 Å². The first kappa shape index (κ1) is 20.4. The zero-order valence-electron chi connectivity index (χ0n) is 16.0. The van der Waals surface area contributed by atoms with Crippen molar-refractivity contribution in [2.75, 3.05) is 32.2 Å². The van der Waals surface area contributed by atoms with E-state index in [0.717, 1.165) is 23.5 Å². The monoisotopic (exact) mass is 383 g/mol. The van der Waals surface area contributed by atoms with Crippen LogP contribution in [0.1, 0.15) is 33.3 Å². The quantitative estimate of drug-likeness (QED) is 0.551. The van der Waals surface area contributed by atoms with Gasteiger partial charge in [0.25, 0.3) is 0 Å². The minimum absolute atomic E-state index is 0.0369. The molecule has 146 valence electrons. The van der Waals surface area contributed by atoms with Gasteiger partial charge in [-0.2, -0.15) is 0 Å². The van der Waals surface area contributed by atoms with Gasteiger partial charge in [-0.1, -0.05) is 6.07 Å². The minimum atomic E-state index is -3.17. The van der Waals surface area contributed by atoms with Crippen LogP contribution in [-0.2, 0) is 16.3 Å². The van der Waals surface area contributed by atoms with Crippen molar-refractivity contribution < 1.29 is 17.9 Å². The van der Waals surface area contributed by atoms with Gasteiger partial charge in [-0.05, 0) is 51.8 Å². The molecule has 0 atom stereocenters. The molecule has 0 aromatic heterocycles. The largest absolute Gasteiger partial charge is 0.454 e. The van der Waals surface area contributed by atoms with E-state index in [1.165, 1.54) is 0 Å². The van der Waals surface area contributed by atoms with Gasteiger partial charge in [0.05, 0.1) is 17.0 Å². The highest BCUT2D eigenvalue weighted by Crippen LogP contribution is 2.32. The van der Waals surface area contributed by atoms with E-state index >= 15 is 0 Å². The van der Waals surface area contributed by atoms with Crippen LogP contribution in [0.3, 0.4) is 0 Å². The predicted octanol–water partition coefficient (Wildman–Crippen LogP) is 1.73. The molecule has 0 unspecified atom stereocenters. The Labute approximate surface area is 156 Å². The number of sulfone groups is 1. The third-order valence-electron chi connectivity index (χ3n) is 4.05. The third-order valence-corrected chi connectivity index (χ3v) is 6.64. The van der Waals surface area contributed by atoms with Gasteiger partial charge in [0.15, 0.2) is 27.3 Å². The number of nitrogens with one attached hydrogen (secondary N) is 2. The second kappa shape index (κ2) is 8.62. The molecule has 0 radical (unpaired) electrons. The standard InChI is InChI=1S/C18H29N3O4S/c1-5-19-17(21-10-11-26(22,23)18(2,3)4)20-9-8-14-6-7-15-16(12-14)25-13-24-15/h6-7,12H,5,8-11,13H2,1-4H3,(H2,19,20,21). The van der Waals surface area contributed by atoms with Crippen molar-refractivity contribution in [1.82, 2.24) is 10.6 Å². The molecule has 7 nitrogen and oxygen atoms in total. The number of guanidine groups is 1. The average molecular weight is 384 g/mol. The number of benzene rings is 1. The Morgan fingerprint density at radius 2 is 1.92 bits per heavy atom. The highest BCUT2D eigenvalue weighted by atomic mass is 32.2. The Hall–Kier alpha value is -1.96. The van der Waals surface area contributed by atoms with E-state index in [-0.39, 0.29) is 19.1 Å². The molecule has 1 aliphatic rings. The van der Waals surface area contributed by atoms with Crippen LogP contribution in [0.5, 0.6) is 11.5 Å². The Morgan fingerprint density at radius 1 is 1.19 bits per heavy atom. The Bertz CT molecular complexity index is 739. The SMILES string of the molecule is CCNC(=NCCS(=O)(=O)C(C)(C)C)NCCc1ccc2c(c1)OCO2. The van der Waals surface area contributed by atoms with Crippen LogP contribution in [-0.4, -0.2) is 51.3 Å². The van der Waals surface area contributed by atoms with Crippen LogP contribution in [0, 0.1) is 0 Å². The number of ether oxygens (including phenoxy) is 2. The van der Waals surface area contributed by atoms with Gasteiger partial charge in [-0.3, -0.25) is 4.99 Å². The van der Waals surface area contributed by atoms with E-state index in [1.54, 1.807) is 20.8 Å². The fraction of sp³-hybridized carbons (Fsp3) is 0.611. The molecule has 1 aromatic carbocycles. The lowest BCUT2D eigenvalue weighted by Crippen LogP contribution is -2.39. The highest BCUT2D eigenvalue weighted by molar-refractivity contribution is 7.92. The van der Waals surface area contributed by atoms with Crippen LogP contribution >= 0.6 is 0 Å². The van der Waals surface area contributed by atoms with Crippen molar-refractivity contribution in [2.45, 2.75) is 38.9 Å². The molecule has 0 bridgehead atoms. The summed E-state index contributed by atoms with van der Waals surface area (Å²) in [5.74, 6) is 2.21. The fourth-order valence-electron chi connectivity index (χ4n) is 2.35. The maximum atomic E-state index is 12.2. The molecule has 0 saturated carbocycles.